The van der Waals surface area contributed by atoms with Crippen molar-refractivity contribution in [2.75, 3.05) is 76.4 Å². The number of nitro groups is 3. The molecule has 112 heavy (non-hydrogen) atoms. The Morgan fingerprint density at radius 3 is 1.12 bits per heavy atom. The number of hydrogen-bond donors (Lipinski definition) is 23. The lowest BCUT2D eigenvalue weighted by molar-refractivity contribution is -0.401. The monoisotopic (exact) mass is 1610 g/mol. The van der Waals surface area contributed by atoms with Crippen molar-refractivity contribution in [2.45, 2.75) is 236 Å². The molecule has 630 valence electrons. The Morgan fingerprint density at radius 2 is 0.741 bits per heavy atom. The Labute approximate surface area is 635 Å². The zero-order chi connectivity index (χ0) is 81.4. The first-order valence-electron chi connectivity index (χ1n) is 36.0. The van der Waals surface area contributed by atoms with Crippen LogP contribution in [-0.2, 0) is 61.6 Å². The number of aliphatic hydroxyl groups excluding tert-OH is 17. The van der Waals surface area contributed by atoms with Crippen molar-refractivity contribution < 1.29 is 173 Å². The average Bonchev–Trinajstić information content (AvgIpc) is 0.797. The number of unbranched alkanes of at least 4 members (excludes halogenated alkanes) is 6. The zero-order valence-electron chi connectivity index (χ0n) is 59.7. The van der Waals surface area contributed by atoms with Crippen molar-refractivity contribution in [1.29, 1.82) is 0 Å². The lowest BCUT2D eigenvalue weighted by Crippen LogP contribution is -2.66. The fourth-order valence-corrected chi connectivity index (χ4v) is 13.3. The molecule has 22 heterocycles. The number of benzene rings is 2. The molecule has 2 aromatic carbocycles. The van der Waals surface area contributed by atoms with Crippen LogP contribution in [0.3, 0.4) is 0 Å². The van der Waals surface area contributed by atoms with Gasteiger partial charge in [-0.25, -0.2) is 9.59 Å². The molecule has 5 amide bonds. The second kappa shape index (κ2) is 41.5. The van der Waals surface area contributed by atoms with Crippen molar-refractivity contribution in [3.05, 3.63) is 78.4 Å². The predicted molar refractivity (Wildman–Crippen MR) is 367 cm³/mol. The number of rotatable bonds is 23. The summed E-state index contributed by atoms with van der Waals surface area (Å²) in [7, 11) is 0. The maximum atomic E-state index is 13.4. The van der Waals surface area contributed by atoms with Crippen molar-refractivity contribution in [2.24, 2.45) is 0 Å². The van der Waals surface area contributed by atoms with E-state index in [-0.39, 0.29) is 12.6 Å². The van der Waals surface area contributed by atoms with Crippen LogP contribution in [-0.4, -0.2) is 370 Å². The summed E-state index contributed by atoms with van der Waals surface area (Å²) in [6, 6.07) is 6.66. The molecule has 47 heteroatoms. The molecule has 0 saturated carbocycles. The molecule has 22 saturated heterocycles. The Bertz CT molecular complexity index is 3390. The molecule has 24 rings (SSSR count). The number of anilines is 2. The molecule has 22 fully saturated rings. The highest BCUT2D eigenvalue weighted by Gasteiger charge is 2.55. The van der Waals surface area contributed by atoms with Gasteiger partial charge in [0.25, 0.3) is 5.69 Å². The van der Waals surface area contributed by atoms with Crippen molar-refractivity contribution in [1.82, 2.24) is 21.3 Å². The SMILES string of the molecule is O=C(C=Cc1ccc(NC(=O)NCCCCCCNC(=O)NCCCCCCNc2c([N+](=O)[O-])cc([N+](=O)[O-])cc2[N+](=O)[O-])cc1)NC[C@H]1O[C@@H]2O[C@H]3[C@H](O)[C@@H](O)[C@@H](CO[C@@H]4[C@@H](O)[C@H](O)[C@@H](CO[C@H]5[C@H](O)[C@@H](O)[C@@H](CO[C@H]6[C@H](O)[C@@H](O)[C@@H](CO[C@H]7[C@H](O)[C@@H](O)[C@@H](CO[C@H]1[C@H](O)[C@H]2O)O[C@@H]7O)O[C@@H]6O)O[C@@H]5O)O[C@@H]4O)O[C@@H]3O. The largest absolute Gasteiger partial charge is 0.387 e. The van der Waals surface area contributed by atoms with E-state index in [1.54, 1.807) is 24.3 Å². The summed E-state index contributed by atoms with van der Waals surface area (Å²) in [6.45, 7) is -3.55. The van der Waals surface area contributed by atoms with E-state index in [2.05, 4.69) is 31.9 Å². The van der Waals surface area contributed by atoms with E-state index in [0.717, 1.165) is 18.9 Å². The van der Waals surface area contributed by atoms with E-state index in [0.29, 0.717) is 81.5 Å². The van der Waals surface area contributed by atoms with Crippen LogP contribution in [0.4, 0.5) is 38.0 Å². The molecule has 23 N–H and O–H groups in total. The van der Waals surface area contributed by atoms with E-state index < -0.39 is 273 Å². The van der Waals surface area contributed by atoms with Crippen LogP contribution < -0.4 is 31.9 Å². The minimum atomic E-state index is -2.23. The third kappa shape index (κ3) is 23.0. The fraction of sp³-hybridized carbons (Fsp3) is 0.738. The first-order chi connectivity index (χ1) is 53.3. The molecule has 0 radical (unpaired) electrons. The second-order valence-corrected chi connectivity index (χ2v) is 27.5. The van der Waals surface area contributed by atoms with Gasteiger partial charge in [-0.2, -0.15) is 0 Å². The molecule has 0 unspecified atom stereocenters. The van der Waals surface area contributed by atoms with Gasteiger partial charge >= 0.3 is 23.4 Å². The lowest BCUT2D eigenvalue weighted by Gasteiger charge is -2.47. The van der Waals surface area contributed by atoms with Gasteiger partial charge in [0.1, 0.15) is 146 Å². The topological polar surface area (TPSA) is 707 Å². The van der Waals surface area contributed by atoms with Crippen LogP contribution in [0, 0.1) is 30.3 Å². The van der Waals surface area contributed by atoms with Gasteiger partial charge in [0, 0.05) is 44.5 Å². The number of urea groups is 2. The number of nitrogens with one attached hydrogen (secondary N) is 6. The molecule has 0 aliphatic carbocycles. The van der Waals surface area contributed by atoms with Gasteiger partial charge in [0.15, 0.2) is 43.4 Å². The van der Waals surface area contributed by atoms with Gasteiger partial charge in [0.05, 0.1) is 59.9 Å². The smallest absolute Gasteiger partial charge is 0.319 e. The molecule has 22 aliphatic heterocycles. The predicted octanol–water partition coefficient (Wildman–Crippen LogP) is -7.84. The second-order valence-electron chi connectivity index (χ2n) is 27.5. The molecule has 0 spiro atoms. The molecule has 47 nitrogen and oxygen atoms in total. The van der Waals surface area contributed by atoms with Gasteiger partial charge in [-0.15, -0.1) is 0 Å². The number of carbonyl (C=O) groups is 3. The molecule has 0 aromatic heterocycles. The van der Waals surface area contributed by atoms with Crippen molar-refractivity contribution in [3.63, 3.8) is 0 Å². The van der Waals surface area contributed by atoms with Crippen LogP contribution in [0.1, 0.15) is 56.9 Å². The third-order valence-corrected chi connectivity index (χ3v) is 19.6. The number of carbonyl (C=O) groups excluding carboxylic acids is 3. The van der Waals surface area contributed by atoms with E-state index in [1.807, 2.05) is 0 Å². The average molecular weight is 1610 g/mol. The van der Waals surface area contributed by atoms with Crippen LogP contribution in [0.15, 0.2) is 42.5 Å². The van der Waals surface area contributed by atoms with Gasteiger partial charge in [-0.05, 0) is 49.5 Å². The molecule has 30 atom stereocenters. The number of nitrogens with zero attached hydrogens (tertiary/aromatic N) is 3. The standard InChI is InChI=1S/C65H97N9O38/c75-38(14-11-27-9-12-28(13-10-27)71-65(94)69-18-8-4-3-7-17-68-64(93)67-16-6-2-1-5-15-66-39-30(73(97)98)19-29(72(95)96)20-31(39)74(99)100)70-21-32-52-50(86)51(87)63(111-32)112-57-49(85)44(80)37(110-62(57)92)26-105-56-48(84)43(79)36(109-61(56)91)25-104-55-47(83)42(78)35(108-60(55)90)24-103-54-46(82)41(77)34(107-59(54)89)23-102-53-45(81)40(76)33(22-101-52)106-58(53)88/h9-14,19-20,32-37,40-63,66,76-92H,1-8,15-18,21-26H2,(H,70,75)(H2,67,68,93)(H2,69,71,94)/t32-,33-,34-,35-,36-,37-,40+,41+,42+,43-,44+,45-,46-,47-,48+,49-,50-,51-,52-,53+,54+,55+,56-,57+,58+,59+,60+,61+,62+,63-/m1/s1. The normalized spacial score (nSPS) is 37.7. The molecule has 22 aliphatic rings. The minimum Gasteiger partial charge on any atom is -0.387 e. The van der Waals surface area contributed by atoms with Crippen LogP contribution in [0.5, 0.6) is 0 Å². The maximum absolute atomic E-state index is 13.4. The van der Waals surface area contributed by atoms with Crippen molar-refractivity contribution in [3.8, 4) is 0 Å². The van der Waals surface area contributed by atoms with Gasteiger partial charge < -0.3 is 176 Å². The van der Waals surface area contributed by atoms with E-state index in [4.69, 9.17) is 56.8 Å². The highest BCUT2D eigenvalue weighted by Crippen LogP contribution is 2.39. The fourth-order valence-electron chi connectivity index (χ4n) is 13.3. The summed E-state index contributed by atoms with van der Waals surface area (Å²) in [6.07, 6.45) is -50.6. The number of non-ortho nitro benzene ring substituents is 1. The zero-order valence-corrected chi connectivity index (χ0v) is 59.7. The summed E-state index contributed by atoms with van der Waals surface area (Å²) in [5.74, 6) is -0.797. The minimum absolute atomic E-state index is 0.118. The van der Waals surface area contributed by atoms with E-state index in [9.17, 15) is 132 Å². The molecular weight excluding hydrogens is 1510 g/mol. The number of aliphatic hydroxyl groups is 17. The van der Waals surface area contributed by atoms with Crippen LogP contribution in [0.2, 0.25) is 0 Å². The number of nitro benzene ring substituents is 3. The molecular formula is C65H97N9O38. The summed E-state index contributed by atoms with van der Waals surface area (Å²) in [4.78, 5) is 69.7. The Hall–Kier alpha value is -6.97. The van der Waals surface area contributed by atoms with Crippen molar-refractivity contribution >= 4 is 52.5 Å². The lowest BCUT2D eigenvalue weighted by atomic mass is 9.96. The highest BCUT2D eigenvalue weighted by molar-refractivity contribution is 5.92. The van der Waals surface area contributed by atoms with Crippen LogP contribution in [0.25, 0.3) is 6.08 Å². The summed E-state index contributed by atoms with van der Waals surface area (Å²) >= 11 is 0. The van der Waals surface area contributed by atoms with Gasteiger partial charge in [-0.3, -0.25) is 35.1 Å². The number of ether oxygens (including phenoxy) is 12. The van der Waals surface area contributed by atoms with Crippen LogP contribution >= 0.6 is 0 Å². The summed E-state index contributed by atoms with van der Waals surface area (Å²) in [5.41, 5.74) is -1.95. The first kappa shape index (κ1) is 89.0. The summed E-state index contributed by atoms with van der Waals surface area (Å²) in [5, 5.41) is 240. The quantitative estimate of drug-likeness (QED) is 0.0213. The highest BCUT2D eigenvalue weighted by atomic mass is 16.8. The summed E-state index contributed by atoms with van der Waals surface area (Å²) < 4.78 is 67.0. The molecule has 12 bridgehead atoms. The van der Waals surface area contributed by atoms with Gasteiger partial charge in [0.2, 0.25) is 5.91 Å². The maximum Gasteiger partial charge on any atom is 0.319 e. The van der Waals surface area contributed by atoms with E-state index in [1.165, 1.54) is 6.08 Å². The number of amides is 5. The van der Waals surface area contributed by atoms with Gasteiger partial charge in [-0.1, -0.05) is 37.8 Å². The molecule has 2 aromatic rings. The number of hydrogen-bond acceptors (Lipinski definition) is 39. The first-order valence-corrected chi connectivity index (χ1v) is 36.0. The Morgan fingerprint density at radius 1 is 0.393 bits per heavy atom. The Kier molecular flexibility index (Phi) is 33.0. The third-order valence-electron chi connectivity index (χ3n) is 19.6. The van der Waals surface area contributed by atoms with E-state index >= 15 is 0 Å². The Balaban J connectivity index is 0.739.